The molecule has 2 amide bonds. The Labute approximate surface area is 185 Å². The number of halogens is 1. The Morgan fingerprint density at radius 2 is 2.03 bits per heavy atom. The maximum absolute atomic E-state index is 12.4. The Bertz CT molecular complexity index is 1110. The zero-order chi connectivity index (χ0) is 22.0. The minimum atomic E-state index is -0.701. The van der Waals surface area contributed by atoms with Gasteiger partial charge in [-0.15, -0.1) is 0 Å². The number of benzene rings is 2. The molecule has 10 nitrogen and oxygen atoms in total. The molecule has 2 aromatic carbocycles. The molecule has 0 spiro atoms. The van der Waals surface area contributed by atoms with E-state index < -0.39 is 16.1 Å². The van der Waals surface area contributed by atoms with Gasteiger partial charge in [0.2, 0.25) is 11.8 Å². The summed E-state index contributed by atoms with van der Waals surface area (Å²) in [4.78, 5) is 39.3. The Kier molecular flexibility index (Phi) is 5.96. The first-order valence-electron chi connectivity index (χ1n) is 9.09. The summed E-state index contributed by atoms with van der Waals surface area (Å²) in [7, 11) is 0. The van der Waals surface area contributed by atoms with Gasteiger partial charge in [0.1, 0.15) is 18.5 Å². The van der Waals surface area contributed by atoms with Crippen LogP contribution in [0.2, 0.25) is 5.02 Å². The molecule has 0 aliphatic carbocycles. The second kappa shape index (κ2) is 8.82. The van der Waals surface area contributed by atoms with Gasteiger partial charge in [-0.1, -0.05) is 23.4 Å². The Morgan fingerprint density at radius 1 is 1.26 bits per heavy atom. The van der Waals surface area contributed by atoms with E-state index in [4.69, 9.17) is 21.1 Å². The summed E-state index contributed by atoms with van der Waals surface area (Å²) in [5.74, 6) is 0.345. The highest BCUT2D eigenvalue weighted by atomic mass is 35.5. The molecule has 2 aromatic rings. The Hall–Kier alpha value is -3.31. The molecule has 2 heterocycles. The molecule has 0 aromatic heterocycles. The molecule has 4 rings (SSSR count). The van der Waals surface area contributed by atoms with Crippen LogP contribution in [0, 0.1) is 10.1 Å². The van der Waals surface area contributed by atoms with E-state index in [0.717, 1.165) is 17.8 Å². The molecule has 1 fully saturated rings. The number of nitro benzene ring substituents is 1. The summed E-state index contributed by atoms with van der Waals surface area (Å²) in [6.07, 6.45) is -0.157. The monoisotopic (exact) mass is 462 g/mol. The number of thioether (sulfide) groups is 1. The number of carbonyl (C=O) groups is 2. The van der Waals surface area contributed by atoms with E-state index in [2.05, 4.69) is 15.6 Å². The van der Waals surface area contributed by atoms with Crippen LogP contribution >= 0.6 is 23.4 Å². The van der Waals surface area contributed by atoms with Crippen LogP contribution in [0.5, 0.6) is 11.5 Å². The first-order valence-corrected chi connectivity index (χ1v) is 10.3. The molecule has 160 valence electrons. The van der Waals surface area contributed by atoms with Crippen LogP contribution in [0.4, 0.5) is 17.1 Å². The number of nitrogens with one attached hydrogen (secondary N) is 2. The van der Waals surface area contributed by atoms with E-state index in [1.165, 1.54) is 12.1 Å². The standard InChI is InChI=1S/C19H15ClN4O6S/c20-12-3-2-11(24(27)28)8-13(12)22-17(25)9-16-18(26)23-19(31-16)21-10-1-4-14-15(7-10)30-6-5-29-14/h1-4,7-8,16H,5-6,9H2,(H,22,25)(H,21,23,26). The minimum Gasteiger partial charge on any atom is -0.486 e. The lowest BCUT2D eigenvalue weighted by Crippen LogP contribution is -2.28. The van der Waals surface area contributed by atoms with Crippen molar-refractivity contribution in [3.05, 3.63) is 51.5 Å². The highest BCUT2D eigenvalue weighted by Crippen LogP contribution is 2.35. The smallest absolute Gasteiger partial charge is 0.271 e. The quantitative estimate of drug-likeness (QED) is 0.514. The van der Waals surface area contributed by atoms with E-state index in [1.807, 2.05) is 0 Å². The normalized spacial score (nSPS) is 18.5. The zero-order valence-electron chi connectivity index (χ0n) is 15.8. The Morgan fingerprint density at radius 3 is 2.81 bits per heavy atom. The fraction of sp³-hybridized carbons (Fsp3) is 0.211. The molecule has 0 saturated carbocycles. The van der Waals surface area contributed by atoms with Crippen molar-refractivity contribution in [3.63, 3.8) is 0 Å². The fourth-order valence-electron chi connectivity index (χ4n) is 2.90. The molecule has 0 radical (unpaired) electrons. The molecule has 0 bridgehead atoms. The van der Waals surface area contributed by atoms with E-state index >= 15 is 0 Å². The third-order valence-corrected chi connectivity index (χ3v) is 5.75. The van der Waals surface area contributed by atoms with Gasteiger partial charge in [-0.3, -0.25) is 19.7 Å². The largest absolute Gasteiger partial charge is 0.486 e. The Balaban J connectivity index is 1.41. The second-order valence-electron chi connectivity index (χ2n) is 6.51. The van der Waals surface area contributed by atoms with Crippen molar-refractivity contribution in [2.75, 3.05) is 18.5 Å². The topological polar surface area (TPSA) is 132 Å². The van der Waals surface area contributed by atoms with E-state index in [1.54, 1.807) is 18.2 Å². The van der Waals surface area contributed by atoms with Crippen LogP contribution in [0.25, 0.3) is 0 Å². The molecule has 1 saturated heterocycles. The van der Waals surface area contributed by atoms with Crippen molar-refractivity contribution in [1.29, 1.82) is 0 Å². The highest BCUT2D eigenvalue weighted by Gasteiger charge is 2.32. The maximum atomic E-state index is 12.4. The third-order valence-electron chi connectivity index (χ3n) is 4.34. The minimum absolute atomic E-state index is 0.106. The number of amides is 2. The molecule has 1 atom stereocenters. The number of ether oxygens (including phenoxy) is 2. The van der Waals surface area contributed by atoms with Gasteiger partial charge >= 0.3 is 0 Å². The van der Waals surface area contributed by atoms with Gasteiger partial charge < -0.3 is 20.1 Å². The average Bonchev–Trinajstić information content (AvgIpc) is 3.07. The van der Waals surface area contributed by atoms with E-state index in [0.29, 0.717) is 35.6 Å². The molecular weight excluding hydrogens is 448 g/mol. The van der Waals surface area contributed by atoms with Gasteiger partial charge in [-0.25, -0.2) is 4.99 Å². The number of rotatable bonds is 5. The molecular formula is C19H15ClN4O6S. The molecule has 2 aliphatic rings. The van der Waals surface area contributed by atoms with Crippen molar-refractivity contribution in [2.45, 2.75) is 11.7 Å². The van der Waals surface area contributed by atoms with Crippen LogP contribution in [0.3, 0.4) is 0 Å². The number of carbonyl (C=O) groups excluding carboxylic acids is 2. The number of hydrogen-bond donors (Lipinski definition) is 2. The number of non-ortho nitro benzene ring substituents is 1. The number of anilines is 1. The molecule has 1 unspecified atom stereocenters. The lowest BCUT2D eigenvalue weighted by Gasteiger charge is -2.18. The molecule has 2 N–H and O–H groups in total. The van der Waals surface area contributed by atoms with E-state index in [9.17, 15) is 19.7 Å². The van der Waals surface area contributed by atoms with Crippen molar-refractivity contribution in [3.8, 4) is 11.5 Å². The highest BCUT2D eigenvalue weighted by molar-refractivity contribution is 8.15. The van der Waals surface area contributed by atoms with E-state index in [-0.39, 0.29) is 28.7 Å². The van der Waals surface area contributed by atoms with Gasteiger partial charge in [0.25, 0.3) is 5.69 Å². The van der Waals surface area contributed by atoms with Crippen molar-refractivity contribution < 1.29 is 24.0 Å². The summed E-state index contributed by atoms with van der Waals surface area (Å²) < 4.78 is 11.0. The second-order valence-corrected chi connectivity index (χ2v) is 8.11. The van der Waals surface area contributed by atoms with Gasteiger partial charge in [0.15, 0.2) is 16.7 Å². The summed E-state index contributed by atoms with van der Waals surface area (Å²) in [5, 5.41) is 15.9. The predicted octanol–water partition coefficient (Wildman–Crippen LogP) is 3.27. The van der Waals surface area contributed by atoms with Crippen molar-refractivity contribution in [1.82, 2.24) is 5.32 Å². The third kappa shape index (κ3) is 4.89. The number of amidine groups is 1. The lowest BCUT2D eigenvalue weighted by atomic mass is 10.2. The number of nitrogens with zero attached hydrogens (tertiary/aromatic N) is 2. The first-order chi connectivity index (χ1) is 14.9. The predicted molar refractivity (Wildman–Crippen MR) is 115 cm³/mol. The summed E-state index contributed by atoms with van der Waals surface area (Å²) in [6.45, 7) is 0.933. The lowest BCUT2D eigenvalue weighted by molar-refractivity contribution is -0.384. The number of aliphatic imine (C=N–C) groups is 1. The van der Waals surface area contributed by atoms with Crippen molar-refractivity contribution in [2.24, 2.45) is 4.99 Å². The van der Waals surface area contributed by atoms with Crippen LogP contribution in [-0.4, -0.2) is 40.4 Å². The van der Waals surface area contributed by atoms with Gasteiger partial charge in [0.05, 0.1) is 21.3 Å². The van der Waals surface area contributed by atoms with Crippen molar-refractivity contribution >= 4 is 57.4 Å². The molecule has 2 aliphatic heterocycles. The number of fused-ring (bicyclic) bond motifs is 1. The molecule has 31 heavy (non-hydrogen) atoms. The van der Waals surface area contributed by atoms with Gasteiger partial charge in [-0.2, -0.15) is 0 Å². The fourth-order valence-corrected chi connectivity index (χ4v) is 4.06. The average molecular weight is 463 g/mol. The van der Waals surface area contributed by atoms with Crippen LogP contribution in [0.15, 0.2) is 41.4 Å². The number of nitro groups is 1. The molecule has 12 heteroatoms. The number of hydrogen-bond acceptors (Lipinski definition) is 8. The summed E-state index contributed by atoms with van der Waals surface area (Å²) >= 11 is 7.11. The maximum Gasteiger partial charge on any atom is 0.271 e. The SMILES string of the molecule is O=C(CC1SC(=Nc2ccc3c(c2)OCCO3)NC1=O)Nc1cc([N+](=O)[O-])ccc1Cl. The van der Waals surface area contributed by atoms with Gasteiger partial charge in [0, 0.05) is 24.6 Å². The van der Waals surface area contributed by atoms with Crippen LogP contribution < -0.4 is 20.1 Å². The van der Waals surface area contributed by atoms with Crippen LogP contribution in [-0.2, 0) is 9.59 Å². The van der Waals surface area contributed by atoms with Crippen LogP contribution in [0.1, 0.15) is 6.42 Å². The first kappa shape index (κ1) is 20.9. The summed E-state index contributed by atoms with van der Waals surface area (Å²) in [6, 6.07) is 8.90. The van der Waals surface area contributed by atoms with Gasteiger partial charge in [-0.05, 0) is 18.2 Å². The zero-order valence-corrected chi connectivity index (χ0v) is 17.4. The summed E-state index contributed by atoms with van der Waals surface area (Å²) in [5.41, 5.74) is 0.469.